The molecule has 0 unspecified atom stereocenters. The fourth-order valence-corrected chi connectivity index (χ4v) is 3.65. The Kier molecular flexibility index (Phi) is 6.04. The second kappa shape index (κ2) is 8.45. The molecule has 1 atom stereocenters. The number of aryl methyl sites for hydroxylation is 2. The molecule has 5 nitrogen and oxygen atoms in total. The summed E-state index contributed by atoms with van der Waals surface area (Å²) >= 11 is 1.78. The van der Waals surface area contributed by atoms with Gasteiger partial charge < -0.3 is 14.9 Å². The monoisotopic (exact) mass is 370 g/mol. The number of aromatic nitrogens is 3. The van der Waals surface area contributed by atoms with Crippen molar-refractivity contribution in [3.05, 3.63) is 53.6 Å². The predicted molar refractivity (Wildman–Crippen MR) is 108 cm³/mol. The Bertz CT molecular complexity index is 830. The average molecular weight is 371 g/mol. The lowest BCUT2D eigenvalue weighted by Crippen LogP contribution is -2.30. The third kappa shape index (κ3) is 4.30. The zero-order valence-corrected chi connectivity index (χ0v) is 16.4. The number of amides is 1. The van der Waals surface area contributed by atoms with E-state index < -0.39 is 0 Å². The van der Waals surface area contributed by atoms with Gasteiger partial charge in [-0.3, -0.25) is 4.79 Å². The van der Waals surface area contributed by atoms with Crippen molar-refractivity contribution < 1.29 is 4.79 Å². The summed E-state index contributed by atoms with van der Waals surface area (Å²) in [4.78, 5) is 20.6. The van der Waals surface area contributed by atoms with Gasteiger partial charge in [-0.2, -0.15) is 11.8 Å². The van der Waals surface area contributed by atoms with Gasteiger partial charge in [0.1, 0.15) is 5.82 Å². The van der Waals surface area contributed by atoms with E-state index in [0.29, 0.717) is 13.0 Å². The van der Waals surface area contributed by atoms with Crippen molar-refractivity contribution in [1.29, 1.82) is 0 Å². The topological polar surface area (TPSA) is 62.7 Å². The van der Waals surface area contributed by atoms with E-state index in [9.17, 15) is 4.79 Å². The van der Waals surface area contributed by atoms with Crippen LogP contribution in [0.4, 0.5) is 0 Å². The fourth-order valence-electron chi connectivity index (χ4n) is 3.18. The van der Waals surface area contributed by atoms with Crippen molar-refractivity contribution in [3.8, 4) is 0 Å². The van der Waals surface area contributed by atoms with Crippen LogP contribution in [-0.2, 0) is 11.3 Å². The van der Waals surface area contributed by atoms with E-state index in [1.54, 1.807) is 11.8 Å². The van der Waals surface area contributed by atoms with Crippen LogP contribution >= 0.6 is 11.8 Å². The number of nitrogens with one attached hydrogen (secondary N) is 2. The molecule has 0 radical (unpaired) electrons. The average Bonchev–Trinajstić information content (AvgIpc) is 3.20. The molecule has 0 saturated carbocycles. The van der Waals surface area contributed by atoms with Gasteiger partial charge in [-0.25, -0.2) is 4.98 Å². The van der Waals surface area contributed by atoms with Crippen LogP contribution < -0.4 is 5.32 Å². The van der Waals surface area contributed by atoms with Crippen molar-refractivity contribution in [1.82, 2.24) is 19.9 Å². The van der Waals surface area contributed by atoms with Gasteiger partial charge in [-0.05, 0) is 56.5 Å². The van der Waals surface area contributed by atoms with Crippen LogP contribution in [0.15, 0.2) is 36.4 Å². The number of nitrogens with zero attached hydrogens (tertiary/aromatic N) is 2. The number of hydrogen-bond donors (Lipinski definition) is 2. The summed E-state index contributed by atoms with van der Waals surface area (Å²) < 4.78 is 2.18. The molecule has 1 amide bonds. The van der Waals surface area contributed by atoms with E-state index in [0.717, 1.165) is 29.0 Å². The summed E-state index contributed by atoms with van der Waals surface area (Å²) in [5.74, 6) is 1.86. The molecule has 138 valence electrons. The molecule has 2 heterocycles. The predicted octanol–water partition coefficient (Wildman–Crippen LogP) is 3.98. The van der Waals surface area contributed by atoms with Crippen molar-refractivity contribution in [3.63, 3.8) is 0 Å². The van der Waals surface area contributed by atoms with Crippen LogP contribution in [-0.4, -0.2) is 32.5 Å². The van der Waals surface area contributed by atoms with Crippen molar-refractivity contribution in [2.75, 3.05) is 12.0 Å². The number of carbonyl (C=O) groups excluding carboxylic acids is 1. The van der Waals surface area contributed by atoms with Gasteiger partial charge in [-0.15, -0.1) is 0 Å². The number of para-hydroxylation sites is 2. The number of H-pyrrole nitrogens is 1. The maximum atomic E-state index is 12.6. The number of benzene rings is 1. The lowest BCUT2D eigenvalue weighted by atomic mass is 10.2. The number of thioether (sulfide) groups is 1. The highest BCUT2D eigenvalue weighted by atomic mass is 32.2. The van der Waals surface area contributed by atoms with Gasteiger partial charge in [0.2, 0.25) is 5.91 Å². The minimum Gasteiger partial charge on any atom is -0.349 e. The zero-order chi connectivity index (χ0) is 18.5. The molecule has 0 saturated heterocycles. The molecule has 0 spiro atoms. The largest absolute Gasteiger partial charge is 0.349 e. The summed E-state index contributed by atoms with van der Waals surface area (Å²) in [5.41, 5.74) is 4.31. The maximum Gasteiger partial charge on any atom is 0.222 e. The summed E-state index contributed by atoms with van der Waals surface area (Å²) in [7, 11) is 0. The normalized spacial score (nSPS) is 12.4. The number of rotatable bonds is 8. The number of imidazole rings is 1. The van der Waals surface area contributed by atoms with E-state index in [-0.39, 0.29) is 11.9 Å². The molecule has 3 aromatic rings. The van der Waals surface area contributed by atoms with E-state index in [2.05, 4.69) is 52.1 Å². The molecule has 6 heteroatoms. The first-order valence-electron chi connectivity index (χ1n) is 8.94. The first-order valence-corrected chi connectivity index (χ1v) is 10.3. The van der Waals surface area contributed by atoms with Gasteiger partial charge in [0.25, 0.3) is 0 Å². The highest BCUT2D eigenvalue weighted by Crippen LogP contribution is 2.20. The highest BCUT2D eigenvalue weighted by Gasteiger charge is 2.18. The lowest BCUT2D eigenvalue weighted by Gasteiger charge is -2.17. The second-order valence-electron chi connectivity index (χ2n) is 6.56. The first kappa shape index (κ1) is 18.6. The van der Waals surface area contributed by atoms with Crippen LogP contribution in [0.25, 0.3) is 11.0 Å². The quantitative estimate of drug-likeness (QED) is 0.630. The van der Waals surface area contributed by atoms with Crippen LogP contribution in [0.1, 0.15) is 36.1 Å². The molecule has 0 aliphatic carbocycles. The standard InChI is InChI=1S/C20H26N4OS/c1-14-8-9-15(2)24(14)12-10-19(25)21-18(11-13-26-3)20-22-16-6-4-5-7-17(16)23-20/h4-9,18H,10-13H2,1-3H3,(H,21,25)(H,22,23)/t18-/m0/s1. The van der Waals surface area contributed by atoms with Crippen LogP contribution in [0.2, 0.25) is 0 Å². The third-order valence-corrected chi connectivity index (χ3v) is 5.31. The first-order chi connectivity index (χ1) is 12.6. The van der Waals surface area contributed by atoms with Crippen LogP contribution in [0.3, 0.4) is 0 Å². The summed E-state index contributed by atoms with van der Waals surface area (Å²) in [6.07, 6.45) is 3.40. The Hall–Kier alpha value is -2.21. The smallest absolute Gasteiger partial charge is 0.222 e. The van der Waals surface area contributed by atoms with E-state index in [1.807, 2.05) is 24.3 Å². The van der Waals surface area contributed by atoms with Gasteiger partial charge in [0, 0.05) is 24.4 Å². The molecule has 3 rings (SSSR count). The highest BCUT2D eigenvalue weighted by molar-refractivity contribution is 7.98. The SMILES string of the molecule is CSCC[C@H](NC(=O)CCn1c(C)ccc1C)c1nc2ccccc2[nH]1. The molecule has 0 aliphatic rings. The molecule has 0 bridgehead atoms. The lowest BCUT2D eigenvalue weighted by molar-refractivity contribution is -0.122. The molecule has 2 N–H and O–H groups in total. The Morgan fingerprint density at radius 2 is 1.96 bits per heavy atom. The van der Waals surface area contributed by atoms with E-state index >= 15 is 0 Å². The van der Waals surface area contributed by atoms with Crippen molar-refractivity contribution in [2.24, 2.45) is 0 Å². The zero-order valence-electron chi connectivity index (χ0n) is 15.6. The minimum atomic E-state index is -0.0887. The molecule has 0 aliphatic heterocycles. The Balaban J connectivity index is 1.68. The number of fused-ring (bicyclic) bond motifs is 1. The number of hydrogen-bond acceptors (Lipinski definition) is 3. The molecule has 26 heavy (non-hydrogen) atoms. The summed E-state index contributed by atoms with van der Waals surface area (Å²) in [6, 6.07) is 12.0. The Morgan fingerprint density at radius 3 is 2.65 bits per heavy atom. The van der Waals surface area contributed by atoms with Crippen molar-refractivity contribution >= 4 is 28.7 Å². The van der Waals surface area contributed by atoms with Gasteiger partial charge in [-0.1, -0.05) is 12.1 Å². The molecule has 0 fully saturated rings. The third-order valence-electron chi connectivity index (χ3n) is 4.66. The molecular formula is C20H26N4OS. The minimum absolute atomic E-state index is 0.0593. The maximum absolute atomic E-state index is 12.6. The number of carbonyl (C=O) groups is 1. The molecule has 2 aromatic heterocycles. The number of aromatic amines is 1. The Morgan fingerprint density at radius 1 is 1.23 bits per heavy atom. The van der Waals surface area contributed by atoms with Crippen LogP contribution in [0.5, 0.6) is 0 Å². The van der Waals surface area contributed by atoms with Crippen molar-refractivity contribution in [2.45, 2.75) is 39.3 Å². The van der Waals surface area contributed by atoms with Gasteiger partial charge in [0.05, 0.1) is 17.1 Å². The van der Waals surface area contributed by atoms with Crippen LogP contribution in [0, 0.1) is 13.8 Å². The van der Waals surface area contributed by atoms with Gasteiger partial charge >= 0.3 is 0 Å². The summed E-state index contributed by atoms with van der Waals surface area (Å²) in [6.45, 7) is 4.84. The molecular weight excluding hydrogens is 344 g/mol. The van der Waals surface area contributed by atoms with Gasteiger partial charge in [0.15, 0.2) is 0 Å². The van der Waals surface area contributed by atoms with E-state index in [1.165, 1.54) is 11.4 Å². The van der Waals surface area contributed by atoms with E-state index in [4.69, 9.17) is 0 Å². The Labute approximate surface area is 158 Å². The summed E-state index contributed by atoms with van der Waals surface area (Å²) in [5, 5.41) is 3.17. The fraction of sp³-hybridized carbons (Fsp3) is 0.400. The molecule has 1 aromatic carbocycles. The second-order valence-corrected chi connectivity index (χ2v) is 7.54.